The smallest absolute Gasteiger partial charge is 0.251 e. The van der Waals surface area contributed by atoms with Crippen molar-refractivity contribution in [2.75, 3.05) is 26.4 Å². The molecule has 5 heteroatoms. The predicted octanol–water partition coefficient (Wildman–Crippen LogP) is 0.419. The van der Waals surface area contributed by atoms with Crippen LogP contribution in [-0.2, 0) is 17.8 Å². The largest absolute Gasteiger partial charge is 0.394 e. The standard InChI is InChI=1S/C14H20N2O3/c17-5-7-19-6-1-4-16-14(18)11-2-3-12-9-15-10-13(12)8-11/h2-3,8,15,17H,1,4-7,9-10H2,(H,16,18). The summed E-state index contributed by atoms with van der Waals surface area (Å²) in [5.41, 5.74) is 3.19. The molecule has 0 unspecified atom stereocenters. The van der Waals surface area contributed by atoms with Crippen molar-refractivity contribution in [1.82, 2.24) is 10.6 Å². The number of rotatable bonds is 7. The van der Waals surface area contributed by atoms with Crippen molar-refractivity contribution in [2.45, 2.75) is 19.5 Å². The first kappa shape index (κ1) is 14.0. The Kier molecular flexibility index (Phi) is 5.32. The van der Waals surface area contributed by atoms with Gasteiger partial charge in [0.1, 0.15) is 0 Å². The Morgan fingerprint density at radius 2 is 2.16 bits per heavy atom. The molecular formula is C14H20N2O3. The van der Waals surface area contributed by atoms with Crippen molar-refractivity contribution in [1.29, 1.82) is 0 Å². The van der Waals surface area contributed by atoms with Gasteiger partial charge >= 0.3 is 0 Å². The molecule has 0 radical (unpaired) electrons. The van der Waals surface area contributed by atoms with E-state index in [-0.39, 0.29) is 12.5 Å². The van der Waals surface area contributed by atoms with Crippen LogP contribution < -0.4 is 10.6 Å². The van der Waals surface area contributed by atoms with Gasteiger partial charge in [-0.1, -0.05) is 6.07 Å². The first-order chi connectivity index (χ1) is 9.31. The Labute approximate surface area is 113 Å². The third kappa shape index (κ3) is 4.02. The molecule has 19 heavy (non-hydrogen) atoms. The van der Waals surface area contributed by atoms with Gasteiger partial charge in [-0.2, -0.15) is 0 Å². The van der Waals surface area contributed by atoms with Crippen molar-refractivity contribution in [3.8, 4) is 0 Å². The number of fused-ring (bicyclic) bond motifs is 1. The number of hydrogen-bond acceptors (Lipinski definition) is 4. The molecule has 1 aliphatic heterocycles. The number of hydrogen-bond donors (Lipinski definition) is 3. The van der Waals surface area contributed by atoms with Gasteiger partial charge in [0.25, 0.3) is 5.91 Å². The minimum atomic E-state index is -0.0446. The van der Waals surface area contributed by atoms with E-state index in [2.05, 4.69) is 10.6 Å². The molecular weight excluding hydrogens is 244 g/mol. The van der Waals surface area contributed by atoms with E-state index in [4.69, 9.17) is 9.84 Å². The fourth-order valence-electron chi connectivity index (χ4n) is 2.08. The van der Waals surface area contributed by atoms with E-state index in [0.29, 0.717) is 25.3 Å². The van der Waals surface area contributed by atoms with Gasteiger partial charge in [0, 0.05) is 31.8 Å². The Balaban J connectivity index is 1.74. The van der Waals surface area contributed by atoms with Crippen molar-refractivity contribution < 1.29 is 14.6 Å². The van der Waals surface area contributed by atoms with E-state index in [1.807, 2.05) is 18.2 Å². The van der Waals surface area contributed by atoms with Crippen molar-refractivity contribution in [3.05, 3.63) is 34.9 Å². The summed E-state index contributed by atoms with van der Waals surface area (Å²) in [7, 11) is 0. The molecule has 0 aromatic heterocycles. The summed E-state index contributed by atoms with van der Waals surface area (Å²) in [6.45, 7) is 3.25. The Bertz CT molecular complexity index is 435. The number of benzene rings is 1. The number of nitrogens with one attached hydrogen (secondary N) is 2. The Hall–Kier alpha value is -1.43. The number of carbonyl (C=O) groups is 1. The minimum Gasteiger partial charge on any atom is -0.394 e. The van der Waals surface area contributed by atoms with Gasteiger partial charge in [-0.05, 0) is 29.7 Å². The SMILES string of the molecule is O=C(NCCCOCCO)c1ccc2c(c1)CNC2. The fourth-order valence-corrected chi connectivity index (χ4v) is 2.08. The highest BCUT2D eigenvalue weighted by Gasteiger charge is 2.12. The zero-order valence-electron chi connectivity index (χ0n) is 10.9. The summed E-state index contributed by atoms with van der Waals surface area (Å²) in [6, 6.07) is 5.82. The van der Waals surface area contributed by atoms with Gasteiger partial charge in [0.05, 0.1) is 13.2 Å². The van der Waals surface area contributed by atoms with Gasteiger partial charge in [0.15, 0.2) is 0 Å². The molecule has 0 fully saturated rings. The first-order valence-electron chi connectivity index (χ1n) is 6.60. The van der Waals surface area contributed by atoms with Crippen LogP contribution >= 0.6 is 0 Å². The molecule has 0 saturated carbocycles. The molecule has 0 aliphatic carbocycles. The maximum absolute atomic E-state index is 11.9. The van der Waals surface area contributed by atoms with E-state index in [1.54, 1.807) is 0 Å². The van der Waals surface area contributed by atoms with Crippen molar-refractivity contribution in [2.24, 2.45) is 0 Å². The zero-order valence-corrected chi connectivity index (χ0v) is 10.9. The average molecular weight is 264 g/mol. The lowest BCUT2D eigenvalue weighted by Gasteiger charge is -2.07. The van der Waals surface area contributed by atoms with Crippen LogP contribution in [-0.4, -0.2) is 37.4 Å². The van der Waals surface area contributed by atoms with Crippen LogP contribution in [0.3, 0.4) is 0 Å². The van der Waals surface area contributed by atoms with Crippen LogP contribution in [0.25, 0.3) is 0 Å². The van der Waals surface area contributed by atoms with Gasteiger partial charge in [0.2, 0.25) is 0 Å². The fraction of sp³-hybridized carbons (Fsp3) is 0.500. The maximum Gasteiger partial charge on any atom is 0.251 e. The first-order valence-corrected chi connectivity index (χ1v) is 6.60. The van der Waals surface area contributed by atoms with E-state index in [9.17, 15) is 4.79 Å². The summed E-state index contributed by atoms with van der Waals surface area (Å²) in [6.07, 6.45) is 0.748. The predicted molar refractivity (Wildman–Crippen MR) is 71.8 cm³/mol. The third-order valence-corrected chi connectivity index (χ3v) is 3.09. The summed E-state index contributed by atoms with van der Waals surface area (Å²) in [5, 5.41) is 14.7. The van der Waals surface area contributed by atoms with E-state index >= 15 is 0 Å². The van der Waals surface area contributed by atoms with Gasteiger partial charge in [-0.15, -0.1) is 0 Å². The molecule has 0 spiro atoms. The lowest BCUT2D eigenvalue weighted by Crippen LogP contribution is -2.25. The average Bonchev–Trinajstić information content (AvgIpc) is 2.89. The molecule has 1 amide bonds. The van der Waals surface area contributed by atoms with Crippen LogP contribution in [0.5, 0.6) is 0 Å². The number of ether oxygens (including phenoxy) is 1. The van der Waals surface area contributed by atoms with Crippen molar-refractivity contribution in [3.63, 3.8) is 0 Å². The van der Waals surface area contributed by atoms with Crippen molar-refractivity contribution >= 4 is 5.91 Å². The lowest BCUT2D eigenvalue weighted by molar-refractivity contribution is 0.0867. The molecule has 2 rings (SSSR count). The number of amides is 1. The number of aliphatic hydroxyl groups excluding tert-OH is 1. The Morgan fingerprint density at radius 3 is 3.00 bits per heavy atom. The molecule has 1 aliphatic rings. The molecule has 0 bridgehead atoms. The summed E-state index contributed by atoms with van der Waals surface area (Å²) in [4.78, 5) is 11.9. The molecule has 1 aromatic rings. The second kappa shape index (κ2) is 7.23. The normalized spacial score (nSPS) is 13.3. The number of carbonyl (C=O) groups excluding carboxylic acids is 1. The van der Waals surface area contributed by atoms with Crippen LogP contribution in [0, 0.1) is 0 Å². The molecule has 0 saturated heterocycles. The van der Waals surface area contributed by atoms with E-state index in [0.717, 1.165) is 19.5 Å². The summed E-state index contributed by atoms with van der Waals surface area (Å²) in [5.74, 6) is -0.0446. The molecule has 3 N–H and O–H groups in total. The second-order valence-electron chi connectivity index (χ2n) is 4.53. The molecule has 5 nitrogen and oxygen atoms in total. The van der Waals surface area contributed by atoms with Gasteiger partial charge in [-0.3, -0.25) is 4.79 Å². The zero-order chi connectivity index (χ0) is 13.5. The highest BCUT2D eigenvalue weighted by molar-refractivity contribution is 5.94. The van der Waals surface area contributed by atoms with Crippen LogP contribution in [0.4, 0.5) is 0 Å². The van der Waals surface area contributed by atoms with Crippen LogP contribution in [0.1, 0.15) is 27.9 Å². The summed E-state index contributed by atoms with van der Waals surface area (Å²) >= 11 is 0. The van der Waals surface area contributed by atoms with Gasteiger partial charge in [-0.25, -0.2) is 0 Å². The highest BCUT2D eigenvalue weighted by Crippen LogP contribution is 2.16. The number of aliphatic hydroxyl groups is 1. The summed E-state index contributed by atoms with van der Waals surface area (Å²) < 4.78 is 5.12. The Morgan fingerprint density at radius 1 is 1.32 bits per heavy atom. The molecule has 1 heterocycles. The molecule has 0 atom stereocenters. The monoisotopic (exact) mass is 264 g/mol. The third-order valence-electron chi connectivity index (χ3n) is 3.09. The lowest BCUT2D eigenvalue weighted by atomic mass is 10.1. The van der Waals surface area contributed by atoms with Gasteiger partial charge < -0.3 is 20.5 Å². The molecule has 1 aromatic carbocycles. The molecule has 104 valence electrons. The van der Waals surface area contributed by atoms with E-state index in [1.165, 1.54) is 11.1 Å². The topological polar surface area (TPSA) is 70.6 Å². The minimum absolute atomic E-state index is 0.0372. The van der Waals surface area contributed by atoms with Crippen LogP contribution in [0.15, 0.2) is 18.2 Å². The highest BCUT2D eigenvalue weighted by atomic mass is 16.5. The maximum atomic E-state index is 11.9. The van der Waals surface area contributed by atoms with Crippen LogP contribution in [0.2, 0.25) is 0 Å². The quantitative estimate of drug-likeness (QED) is 0.624. The van der Waals surface area contributed by atoms with E-state index < -0.39 is 0 Å². The second-order valence-corrected chi connectivity index (χ2v) is 4.53.